The molecule has 1 fully saturated rings. The van der Waals surface area contributed by atoms with E-state index in [1.165, 1.54) is 17.8 Å². The molecule has 0 saturated heterocycles. The van der Waals surface area contributed by atoms with Gasteiger partial charge in [0.1, 0.15) is 4.90 Å². The molecular formula is C17H17F6N3O2S. The highest BCUT2D eigenvalue weighted by Crippen LogP contribution is 2.38. The molecule has 160 valence electrons. The van der Waals surface area contributed by atoms with E-state index in [-0.39, 0.29) is 22.7 Å². The topological polar surface area (TPSA) is 64.0 Å². The number of aromatic nitrogens is 2. The van der Waals surface area contributed by atoms with Crippen LogP contribution in [0.2, 0.25) is 0 Å². The van der Waals surface area contributed by atoms with E-state index in [0.29, 0.717) is 12.1 Å². The lowest BCUT2D eigenvalue weighted by molar-refractivity contribution is -0.143. The summed E-state index contributed by atoms with van der Waals surface area (Å²) in [7, 11) is -4.45. The van der Waals surface area contributed by atoms with Crippen LogP contribution in [0.25, 0.3) is 0 Å². The van der Waals surface area contributed by atoms with Crippen molar-refractivity contribution in [3.63, 3.8) is 0 Å². The fraction of sp³-hybridized carbons (Fsp3) is 0.471. The van der Waals surface area contributed by atoms with Crippen LogP contribution in [0, 0.1) is 6.92 Å². The Labute approximate surface area is 162 Å². The zero-order valence-electron chi connectivity index (χ0n) is 15.1. The number of anilines is 1. The summed E-state index contributed by atoms with van der Waals surface area (Å²) in [6.45, 7) is 1.41. The van der Waals surface area contributed by atoms with E-state index in [1.807, 2.05) is 4.72 Å². The molecule has 0 aliphatic heterocycles. The van der Waals surface area contributed by atoms with Crippen molar-refractivity contribution in [1.29, 1.82) is 0 Å². The lowest BCUT2D eigenvalue weighted by atomic mass is 10.1. The van der Waals surface area contributed by atoms with Gasteiger partial charge in [-0.15, -0.1) is 0 Å². The molecular weight excluding hydrogens is 424 g/mol. The Morgan fingerprint density at radius 1 is 1.00 bits per heavy atom. The number of alkyl halides is 6. The van der Waals surface area contributed by atoms with Gasteiger partial charge in [0.2, 0.25) is 0 Å². The average Bonchev–Trinajstić information content (AvgIpc) is 3.21. The number of benzene rings is 1. The molecule has 12 heteroatoms. The first-order valence-corrected chi connectivity index (χ1v) is 10.1. The van der Waals surface area contributed by atoms with Gasteiger partial charge >= 0.3 is 12.4 Å². The zero-order valence-corrected chi connectivity index (χ0v) is 15.9. The lowest BCUT2D eigenvalue weighted by Crippen LogP contribution is -2.16. The molecule has 0 atom stereocenters. The minimum Gasteiger partial charge on any atom is -0.279 e. The molecule has 1 saturated carbocycles. The third-order valence-electron chi connectivity index (χ3n) is 4.70. The van der Waals surface area contributed by atoms with Crippen LogP contribution >= 0.6 is 0 Å². The lowest BCUT2D eigenvalue weighted by Gasteiger charge is -2.15. The highest BCUT2D eigenvalue weighted by atomic mass is 32.2. The van der Waals surface area contributed by atoms with Crippen molar-refractivity contribution < 1.29 is 34.8 Å². The molecule has 1 aliphatic rings. The molecule has 0 unspecified atom stereocenters. The first kappa shape index (κ1) is 21.5. The molecule has 0 amide bonds. The van der Waals surface area contributed by atoms with E-state index in [2.05, 4.69) is 5.10 Å². The second-order valence-electron chi connectivity index (χ2n) is 6.90. The van der Waals surface area contributed by atoms with Crippen molar-refractivity contribution in [3.05, 3.63) is 41.2 Å². The Kier molecular flexibility index (Phi) is 5.35. The number of hydrogen-bond acceptors (Lipinski definition) is 3. The summed E-state index contributed by atoms with van der Waals surface area (Å²) in [4.78, 5) is -0.296. The fourth-order valence-electron chi connectivity index (χ4n) is 3.31. The van der Waals surface area contributed by atoms with Gasteiger partial charge in [-0.25, -0.2) is 8.42 Å². The van der Waals surface area contributed by atoms with E-state index < -0.39 is 39.2 Å². The molecule has 2 aromatic rings. The first-order chi connectivity index (χ1) is 13.3. The number of sulfonamides is 1. The molecule has 5 nitrogen and oxygen atoms in total. The van der Waals surface area contributed by atoms with Crippen molar-refractivity contribution in [2.75, 3.05) is 4.72 Å². The van der Waals surface area contributed by atoms with Crippen LogP contribution < -0.4 is 4.72 Å². The molecule has 1 aromatic heterocycles. The maximum atomic E-state index is 13.0. The van der Waals surface area contributed by atoms with Crippen LogP contribution in [0.15, 0.2) is 29.3 Å². The van der Waals surface area contributed by atoms with Crippen LogP contribution in [0.4, 0.5) is 32.0 Å². The maximum Gasteiger partial charge on any atom is 0.416 e. The largest absolute Gasteiger partial charge is 0.416 e. The number of rotatable bonds is 4. The Bertz CT molecular complexity index is 973. The van der Waals surface area contributed by atoms with Crippen LogP contribution in [-0.2, 0) is 22.4 Å². The molecule has 29 heavy (non-hydrogen) atoms. The van der Waals surface area contributed by atoms with Crippen molar-refractivity contribution in [2.24, 2.45) is 0 Å². The minimum atomic E-state index is -5.08. The highest BCUT2D eigenvalue weighted by molar-refractivity contribution is 7.92. The molecule has 1 N–H and O–H groups in total. The SMILES string of the molecule is Cc1nn(C2CCCC2)cc1S(=O)(=O)Nc1cc(C(F)(F)F)cc(C(F)(F)F)c1. The van der Waals surface area contributed by atoms with Crippen molar-refractivity contribution in [3.8, 4) is 0 Å². The molecule has 1 aromatic carbocycles. The van der Waals surface area contributed by atoms with Crippen molar-refractivity contribution >= 4 is 15.7 Å². The number of hydrogen-bond donors (Lipinski definition) is 1. The average molecular weight is 441 g/mol. The van der Waals surface area contributed by atoms with Crippen molar-refractivity contribution in [1.82, 2.24) is 9.78 Å². The summed E-state index contributed by atoms with van der Waals surface area (Å²) in [6.07, 6.45) is -5.34. The second-order valence-corrected chi connectivity index (χ2v) is 8.55. The third-order valence-corrected chi connectivity index (χ3v) is 6.18. The number of nitrogens with one attached hydrogen (secondary N) is 1. The molecule has 0 bridgehead atoms. The van der Waals surface area contributed by atoms with Gasteiger partial charge in [0.15, 0.2) is 0 Å². The Hall–Kier alpha value is -2.24. The predicted molar refractivity (Wildman–Crippen MR) is 91.7 cm³/mol. The van der Waals surface area contributed by atoms with Crippen LogP contribution in [-0.4, -0.2) is 18.2 Å². The molecule has 1 aliphatic carbocycles. The highest BCUT2D eigenvalue weighted by Gasteiger charge is 2.37. The predicted octanol–water partition coefficient (Wildman–Crippen LogP) is 5.15. The smallest absolute Gasteiger partial charge is 0.279 e. The van der Waals surface area contributed by atoms with Crippen LogP contribution in [0.3, 0.4) is 0 Å². The minimum absolute atomic E-state index is 0.0167. The van der Waals surface area contributed by atoms with Crippen LogP contribution in [0.5, 0.6) is 0 Å². The summed E-state index contributed by atoms with van der Waals surface area (Å²) >= 11 is 0. The third kappa shape index (κ3) is 4.68. The number of nitrogens with zero attached hydrogens (tertiary/aromatic N) is 2. The van der Waals surface area contributed by atoms with Gasteiger partial charge in [0.05, 0.1) is 28.6 Å². The van der Waals surface area contributed by atoms with Gasteiger partial charge < -0.3 is 0 Å². The van der Waals surface area contributed by atoms with Crippen LogP contribution in [0.1, 0.15) is 48.5 Å². The van der Waals surface area contributed by atoms with Gasteiger partial charge in [-0.05, 0) is 38.0 Å². The molecule has 0 radical (unpaired) electrons. The van der Waals surface area contributed by atoms with E-state index in [9.17, 15) is 34.8 Å². The first-order valence-electron chi connectivity index (χ1n) is 8.65. The number of aryl methyl sites for hydroxylation is 1. The van der Waals surface area contributed by atoms with E-state index >= 15 is 0 Å². The fourth-order valence-corrected chi connectivity index (χ4v) is 4.52. The summed E-state index contributed by atoms with van der Waals surface area (Å²) in [5.41, 5.74) is -3.95. The quantitative estimate of drug-likeness (QED) is 0.668. The molecule has 0 spiro atoms. The monoisotopic (exact) mass is 441 g/mol. The maximum absolute atomic E-state index is 13.0. The zero-order chi connectivity index (χ0) is 21.6. The molecule has 3 rings (SSSR count). The summed E-state index contributed by atoms with van der Waals surface area (Å²) < 4.78 is 106. The summed E-state index contributed by atoms with van der Waals surface area (Å²) in [5.74, 6) is 0. The van der Waals surface area contributed by atoms with Crippen molar-refractivity contribution in [2.45, 2.75) is 55.9 Å². The van der Waals surface area contributed by atoms with Gasteiger partial charge in [-0.2, -0.15) is 31.4 Å². The second kappa shape index (κ2) is 7.22. The molecule has 1 heterocycles. The van der Waals surface area contributed by atoms with Gasteiger partial charge in [0, 0.05) is 6.20 Å². The summed E-state index contributed by atoms with van der Waals surface area (Å²) in [6, 6.07) is 0.594. The summed E-state index contributed by atoms with van der Waals surface area (Å²) in [5, 5.41) is 4.15. The Balaban J connectivity index is 1.98. The number of halogens is 6. The van der Waals surface area contributed by atoms with E-state index in [1.54, 1.807) is 0 Å². The van der Waals surface area contributed by atoms with Gasteiger partial charge in [-0.3, -0.25) is 9.40 Å². The van der Waals surface area contributed by atoms with Gasteiger partial charge in [-0.1, -0.05) is 12.8 Å². The standard InChI is InChI=1S/C17H17F6N3O2S/c1-10-15(9-26(24-10)14-4-2-3-5-14)29(27,28)25-13-7-11(16(18,19)20)6-12(8-13)17(21,22)23/h6-9,14,25H,2-5H2,1H3. The van der Waals surface area contributed by atoms with Gasteiger partial charge in [0.25, 0.3) is 10.0 Å². The van der Waals surface area contributed by atoms with E-state index in [4.69, 9.17) is 0 Å². The van der Waals surface area contributed by atoms with E-state index in [0.717, 1.165) is 25.7 Å². The Morgan fingerprint density at radius 2 is 1.52 bits per heavy atom. The Morgan fingerprint density at radius 3 is 2.00 bits per heavy atom. The normalized spacial score (nSPS) is 16.4.